The van der Waals surface area contributed by atoms with Gasteiger partial charge in [-0.05, 0) is 30.9 Å². The van der Waals surface area contributed by atoms with E-state index in [-0.39, 0.29) is 29.7 Å². The van der Waals surface area contributed by atoms with Gasteiger partial charge in [-0.2, -0.15) is 4.31 Å². The average Bonchev–Trinajstić information content (AvgIpc) is 3.21. The van der Waals surface area contributed by atoms with Gasteiger partial charge in [0.25, 0.3) is 0 Å². The van der Waals surface area contributed by atoms with Crippen LogP contribution in [0.5, 0.6) is 0 Å². The highest BCUT2D eigenvalue weighted by atomic mass is 127. The highest BCUT2D eigenvalue weighted by Gasteiger charge is 2.25. The zero-order chi connectivity index (χ0) is 19.8. The van der Waals surface area contributed by atoms with Gasteiger partial charge in [0.15, 0.2) is 5.96 Å². The molecule has 1 heterocycles. The van der Waals surface area contributed by atoms with E-state index in [4.69, 9.17) is 4.74 Å². The minimum Gasteiger partial charge on any atom is -0.379 e. The Kier molecular flexibility index (Phi) is 9.87. The van der Waals surface area contributed by atoms with Crippen LogP contribution in [0, 0.1) is 0 Å². The quantitative estimate of drug-likeness (QED) is 0.243. The van der Waals surface area contributed by atoms with Crippen LogP contribution in [-0.2, 0) is 27.1 Å². The predicted octanol–water partition coefficient (Wildman–Crippen LogP) is 2.24. The summed E-state index contributed by atoms with van der Waals surface area (Å²) in [6.07, 6.45) is 6.34. The Morgan fingerprint density at radius 3 is 2.48 bits per heavy atom. The van der Waals surface area contributed by atoms with Gasteiger partial charge < -0.3 is 15.4 Å². The first-order valence-corrected chi connectivity index (χ1v) is 11.5. The second-order valence-corrected chi connectivity index (χ2v) is 8.98. The van der Waals surface area contributed by atoms with Crippen molar-refractivity contribution in [3.63, 3.8) is 0 Å². The molecule has 2 N–H and O–H groups in total. The predicted molar refractivity (Wildman–Crippen MR) is 127 cm³/mol. The number of guanidine groups is 1. The summed E-state index contributed by atoms with van der Waals surface area (Å²) in [5, 5.41) is 6.71. The van der Waals surface area contributed by atoms with E-state index in [0.29, 0.717) is 38.9 Å². The Balaban J connectivity index is 0.00000300. The lowest BCUT2D eigenvalue weighted by Crippen LogP contribution is -2.42. The summed E-state index contributed by atoms with van der Waals surface area (Å²) in [4.78, 5) is 4.69. The molecule has 9 heteroatoms. The van der Waals surface area contributed by atoms with Gasteiger partial charge >= 0.3 is 0 Å². The molecule has 162 valence electrons. The van der Waals surface area contributed by atoms with Gasteiger partial charge in [0, 0.05) is 25.7 Å². The molecule has 29 heavy (non-hydrogen) atoms. The van der Waals surface area contributed by atoms with Crippen LogP contribution in [0.2, 0.25) is 0 Å². The Morgan fingerprint density at radius 2 is 1.83 bits per heavy atom. The van der Waals surface area contributed by atoms with Gasteiger partial charge in [0.05, 0.1) is 25.5 Å². The van der Waals surface area contributed by atoms with E-state index in [9.17, 15) is 8.42 Å². The van der Waals surface area contributed by atoms with Crippen LogP contribution in [0.3, 0.4) is 0 Å². The van der Waals surface area contributed by atoms with Crippen LogP contribution in [0.4, 0.5) is 0 Å². The Bertz CT molecular complexity index is 800. The normalized spacial score (nSPS) is 18.4. The lowest BCUT2D eigenvalue weighted by atomic mass is 10.1. The number of halogens is 1. The van der Waals surface area contributed by atoms with Crippen molar-refractivity contribution in [2.45, 2.75) is 38.1 Å². The summed E-state index contributed by atoms with van der Waals surface area (Å²) in [6, 6.07) is 8.01. The summed E-state index contributed by atoms with van der Waals surface area (Å²) in [7, 11) is -3.36. The first-order valence-electron chi connectivity index (χ1n) is 9.90. The third-order valence-electron chi connectivity index (χ3n) is 4.92. The maximum atomic E-state index is 12.8. The number of rotatable bonds is 7. The van der Waals surface area contributed by atoms with Crippen molar-refractivity contribution in [1.82, 2.24) is 14.9 Å². The van der Waals surface area contributed by atoms with Gasteiger partial charge in [0.1, 0.15) is 0 Å². The summed E-state index contributed by atoms with van der Waals surface area (Å²) in [6.45, 7) is 5.01. The molecule has 2 aliphatic rings. The van der Waals surface area contributed by atoms with Gasteiger partial charge in [-0.3, -0.25) is 0 Å². The lowest BCUT2D eigenvalue weighted by molar-refractivity contribution is 0.0729. The molecule has 7 nitrogen and oxygen atoms in total. The number of benzene rings is 1. The van der Waals surface area contributed by atoms with Crippen molar-refractivity contribution in [3.8, 4) is 0 Å². The number of nitrogens with zero attached hydrogens (tertiary/aromatic N) is 2. The van der Waals surface area contributed by atoms with E-state index in [1.807, 2.05) is 31.2 Å². The minimum absolute atomic E-state index is 0. The molecular formula is C20H31IN4O3S. The van der Waals surface area contributed by atoms with Crippen molar-refractivity contribution >= 4 is 40.0 Å². The lowest BCUT2D eigenvalue weighted by Gasteiger charge is -2.26. The third kappa shape index (κ3) is 7.23. The van der Waals surface area contributed by atoms with Gasteiger partial charge in [-0.25, -0.2) is 13.4 Å². The van der Waals surface area contributed by atoms with Crippen LogP contribution in [0.15, 0.2) is 41.4 Å². The molecule has 1 fully saturated rings. The molecule has 0 bridgehead atoms. The minimum atomic E-state index is -3.36. The summed E-state index contributed by atoms with van der Waals surface area (Å²) < 4.78 is 32.4. The molecule has 0 radical (unpaired) electrons. The van der Waals surface area contributed by atoms with Crippen molar-refractivity contribution in [2.75, 3.05) is 32.8 Å². The Hall–Kier alpha value is -1.17. The van der Waals surface area contributed by atoms with Crippen molar-refractivity contribution in [1.29, 1.82) is 0 Å². The van der Waals surface area contributed by atoms with Crippen LogP contribution in [-0.4, -0.2) is 57.6 Å². The van der Waals surface area contributed by atoms with Crippen LogP contribution < -0.4 is 10.6 Å². The van der Waals surface area contributed by atoms with Crippen molar-refractivity contribution in [3.05, 3.63) is 47.5 Å². The SMILES string of the molecule is CCNC(=NCc1ccccc1CS(=O)(=O)N1CCOCC1)NC1CC=CC1.I. The molecule has 0 aromatic heterocycles. The highest BCUT2D eigenvalue weighted by molar-refractivity contribution is 14.0. The third-order valence-corrected chi connectivity index (χ3v) is 6.75. The molecule has 1 saturated heterocycles. The maximum absolute atomic E-state index is 12.8. The van der Waals surface area contributed by atoms with E-state index in [0.717, 1.165) is 36.5 Å². The molecule has 0 unspecified atom stereocenters. The molecular weight excluding hydrogens is 503 g/mol. The number of hydrogen-bond donors (Lipinski definition) is 2. The number of nitrogens with one attached hydrogen (secondary N) is 2. The van der Waals surface area contributed by atoms with E-state index < -0.39 is 10.0 Å². The molecule has 1 aliphatic carbocycles. The van der Waals surface area contributed by atoms with Crippen molar-refractivity contribution in [2.24, 2.45) is 4.99 Å². The van der Waals surface area contributed by atoms with Gasteiger partial charge in [-0.15, -0.1) is 24.0 Å². The van der Waals surface area contributed by atoms with E-state index in [1.54, 1.807) is 0 Å². The fourth-order valence-electron chi connectivity index (χ4n) is 3.38. The summed E-state index contributed by atoms with van der Waals surface area (Å²) in [5.74, 6) is 0.761. The standard InChI is InChI=1S/C20H30N4O3S.HI/c1-2-21-20(23-19-9-5-6-10-19)22-15-17-7-3-4-8-18(17)16-28(25,26)24-11-13-27-14-12-24;/h3-8,19H,2,9-16H2,1H3,(H2,21,22,23);1H. The van der Waals surface area contributed by atoms with Crippen LogP contribution in [0.1, 0.15) is 30.9 Å². The average molecular weight is 534 g/mol. The first-order chi connectivity index (χ1) is 13.6. The second-order valence-electron chi connectivity index (χ2n) is 7.02. The van der Waals surface area contributed by atoms with Gasteiger partial charge in [-0.1, -0.05) is 36.4 Å². The number of ether oxygens (including phenoxy) is 1. The smallest absolute Gasteiger partial charge is 0.218 e. The van der Waals surface area contributed by atoms with E-state index >= 15 is 0 Å². The largest absolute Gasteiger partial charge is 0.379 e. The monoisotopic (exact) mass is 534 g/mol. The molecule has 1 aliphatic heterocycles. The summed E-state index contributed by atoms with van der Waals surface area (Å²) >= 11 is 0. The van der Waals surface area contributed by atoms with E-state index in [1.165, 1.54) is 4.31 Å². The zero-order valence-corrected chi connectivity index (χ0v) is 20.0. The van der Waals surface area contributed by atoms with Gasteiger partial charge in [0.2, 0.25) is 10.0 Å². The molecule has 3 rings (SSSR count). The van der Waals surface area contributed by atoms with Crippen LogP contribution >= 0.6 is 24.0 Å². The molecule has 1 aromatic carbocycles. The highest BCUT2D eigenvalue weighted by Crippen LogP contribution is 2.17. The molecule has 0 atom stereocenters. The number of sulfonamides is 1. The molecule has 0 saturated carbocycles. The van der Waals surface area contributed by atoms with Crippen LogP contribution in [0.25, 0.3) is 0 Å². The number of aliphatic imine (C=N–C) groups is 1. The topological polar surface area (TPSA) is 83.0 Å². The Labute approximate surface area is 191 Å². The van der Waals surface area contributed by atoms with Crippen molar-refractivity contribution < 1.29 is 13.2 Å². The molecule has 1 aromatic rings. The first kappa shape index (κ1) is 24.1. The molecule has 0 spiro atoms. The zero-order valence-electron chi connectivity index (χ0n) is 16.8. The fraction of sp³-hybridized carbons (Fsp3) is 0.550. The number of hydrogen-bond acceptors (Lipinski definition) is 4. The summed E-state index contributed by atoms with van der Waals surface area (Å²) in [5.41, 5.74) is 1.73. The number of morpholine rings is 1. The maximum Gasteiger partial charge on any atom is 0.218 e. The molecule has 0 amide bonds. The van der Waals surface area contributed by atoms with E-state index in [2.05, 4.69) is 27.8 Å². The second kappa shape index (κ2) is 11.9. The fourth-order valence-corrected chi connectivity index (χ4v) is 4.94. The Morgan fingerprint density at radius 1 is 1.17 bits per heavy atom.